The molecular formula is C20H18N2O4. The molecule has 0 saturated carbocycles. The second-order valence-corrected chi connectivity index (χ2v) is 5.52. The van der Waals surface area contributed by atoms with E-state index in [9.17, 15) is 4.79 Å². The Morgan fingerprint density at radius 1 is 1.15 bits per heavy atom. The van der Waals surface area contributed by atoms with Gasteiger partial charge in [-0.05, 0) is 35.9 Å². The van der Waals surface area contributed by atoms with Crippen LogP contribution in [0.4, 0.5) is 0 Å². The molecule has 0 bridgehead atoms. The highest BCUT2D eigenvalue weighted by molar-refractivity contribution is 6.07. The molecule has 0 aliphatic heterocycles. The largest absolute Gasteiger partial charge is 0.497 e. The van der Waals surface area contributed by atoms with E-state index in [0.29, 0.717) is 28.8 Å². The van der Waals surface area contributed by atoms with E-state index < -0.39 is 0 Å². The minimum Gasteiger partial charge on any atom is -0.497 e. The summed E-state index contributed by atoms with van der Waals surface area (Å²) in [4.78, 5) is 16.3. The van der Waals surface area contributed by atoms with Crippen LogP contribution in [-0.2, 0) is 6.61 Å². The molecule has 6 nitrogen and oxygen atoms in total. The smallest absolute Gasteiger partial charge is 0.223 e. The van der Waals surface area contributed by atoms with Crippen LogP contribution in [0.3, 0.4) is 0 Å². The van der Waals surface area contributed by atoms with Crippen LogP contribution in [0.25, 0.3) is 6.08 Å². The Balaban J connectivity index is 1.59. The lowest BCUT2D eigenvalue weighted by molar-refractivity contribution is 0.104. The molecular weight excluding hydrogens is 332 g/mol. The van der Waals surface area contributed by atoms with Gasteiger partial charge in [-0.15, -0.1) is 0 Å². The van der Waals surface area contributed by atoms with Crippen molar-refractivity contribution in [3.05, 3.63) is 77.4 Å². The molecule has 0 spiro atoms. The van der Waals surface area contributed by atoms with E-state index >= 15 is 0 Å². The normalized spacial score (nSPS) is 10.8. The van der Waals surface area contributed by atoms with Gasteiger partial charge in [-0.25, -0.2) is 0 Å². The van der Waals surface area contributed by atoms with Crippen molar-refractivity contribution < 1.29 is 18.8 Å². The molecule has 6 heteroatoms. The summed E-state index contributed by atoms with van der Waals surface area (Å²) in [5, 5.41) is 3.77. The van der Waals surface area contributed by atoms with E-state index in [1.54, 1.807) is 44.4 Å². The zero-order chi connectivity index (χ0) is 18.4. The highest BCUT2D eigenvalue weighted by atomic mass is 16.5. The third-order valence-corrected chi connectivity index (χ3v) is 3.60. The maximum absolute atomic E-state index is 12.2. The van der Waals surface area contributed by atoms with Gasteiger partial charge in [-0.1, -0.05) is 35.5 Å². The van der Waals surface area contributed by atoms with Crippen molar-refractivity contribution in [2.75, 3.05) is 7.11 Å². The molecule has 1 heterocycles. The quantitative estimate of drug-likeness (QED) is 0.476. The van der Waals surface area contributed by atoms with Gasteiger partial charge in [-0.3, -0.25) is 4.79 Å². The first-order valence-electron chi connectivity index (χ1n) is 8.02. The van der Waals surface area contributed by atoms with Crippen molar-refractivity contribution in [1.29, 1.82) is 0 Å². The molecule has 0 atom stereocenters. The fourth-order valence-electron chi connectivity index (χ4n) is 2.27. The molecule has 0 aliphatic carbocycles. The summed E-state index contributed by atoms with van der Waals surface area (Å²) in [6.45, 7) is 1.96. The number of carbonyl (C=O) groups excluding carboxylic acids is 1. The lowest BCUT2D eigenvalue weighted by Gasteiger charge is -2.03. The number of allylic oxidation sites excluding steroid dienone is 1. The zero-order valence-electron chi connectivity index (χ0n) is 14.5. The minimum atomic E-state index is -0.0864. The average Bonchev–Trinajstić information content (AvgIpc) is 3.10. The van der Waals surface area contributed by atoms with Crippen molar-refractivity contribution >= 4 is 11.9 Å². The van der Waals surface area contributed by atoms with Gasteiger partial charge in [0.2, 0.25) is 11.7 Å². The Labute approximate surface area is 151 Å². The molecule has 3 rings (SSSR count). The Hall–Kier alpha value is -3.41. The number of aromatic nitrogens is 2. The summed E-state index contributed by atoms with van der Waals surface area (Å²) < 4.78 is 15.6. The maximum atomic E-state index is 12.2. The summed E-state index contributed by atoms with van der Waals surface area (Å²) in [5.41, 5.74) is 1.47. The van der Waals surface area contributed by atoms with Gasteiger partial charge >= 0.3 is 0 Å². The average molecular weight is 350 g/mol. The fourth-order valence-corrected chi connectivity index (χ4v) is 2.27. The molecule has 1 aromatic heterocycles. The van der Waals surface area contributed by atoms with Gasteiger partial charge in [0.05, 0.1) is 7.11 Å². The van der Waals surface area contributed by atoms with Crippen molar-refractivity contribution in [3.63, 3.8) is 0 Å². The lowest BCUT2D eigenvalue weighted by atomic mass is 10.1. The van der Waals surface area contributed by atoms with E-state index in [1.807, 2.05) is 24.3 Å². The van der Waals surface area contributed by atoms with Crippen LogP contribution in [0.15, 0.2) is 59.1 Å². The topological polar surface area (TPSA) is 74.5 Å². The van der Waals surface area contributed by atoms with E-state index in [1.165, 1.54) is 6.08 Å². The Kier molecular flexibility index (Phi) is 5.43. The molecule has 0 amide bonds. The highest BCUT2D eigenvalue weighted by Crippen LogP contribution is 2.16. The fraction of sp³-hybridized carbons (Fsp3) is 0.150. The summed E-state index contributed by atoms with van der Waals surface area (Å²) in [7, 11) is 1.57. The molecule has 132 valence electrons. The second kappa shape index (κ2) is 8.11. The summed E-state index contributed by atoms with van der Waals surface area (Å²) in [6.07, 6.45) is 3.29. The SMILES string of the molecule is COc1cccc(C(=O)/C=C/c2ccc(OCc3noc(C)n3)cc2)c1. The number of methoxy groups -OCH3 is 1. The zero-order valence-corrected chi connectivity index (χ0v) is 14.5. The van der Waals surface area contributed by atoms with E-state index in [4.69, 9.17) is 14.0 Å². The van der Waals surface area contributed by atoms with Gasteiger partial charge in [0, 0.05) is 12.5 Å². The van der Waals surface area contributed by atoms with Crippen LogP contribution in [-0.4, -0.2) is 23.0 Å². The molecule has 26 heavy (non-hydrogen) atoms. The number of rotatable bonds is 7. The van der Waals surface area contributed by atoms with Crippen molar-refractivity contribution in [2.24, 2.45) is 0 Å². The highest BCUT2D eigenvalue weighted by Gasteiger charge is 2.04. The second-order valence-electron chi connectivity index (χ2n) is 5.52. The maximum Gasteiger partial charge on any atom is 0.223 e. The number of ketones is 1. The van der Waals surface area contributed by atoms with Gasteiger partial charge in [-0.2, -0.15) is 4.98 Å². The minimum absolute atomic E-state index is 0.0864. The van der Waals surface area contributed by atoms with Gasteiger partial charge < -0.3 is 14.0 Å². The van der Waals surface area contributed by atoms with Crippen molar-refractivity contribution in [1.82, 2.24) is 10.1 Å². The standard InChI is InChI=1S/C20H18N2O4/c1-14-21-20(22-26-14)13-25-17-9-6-15(7-10-17)8-11-19(23)16-4-3-5-18(12-16)24-2/h3-12H,13H2,1-2H3/b11-8+. The predicted octanol–water partition coefficient (Wildman–Crippen LogP) is 3.86. The molecule has 0 N–H and O–H groups in total. The Morgan fingerprint density at radius 3 is 2.65 bits per heavy atom. The first kappa shape index (κ1) is 17.4. The first-order valence-corrected chi connectivity index (χ1v) is 8.02. The van der Waals surface area contributed by atoms with E-state index in [2.05, 4.69) is 10.1 Å². The molecule has 2 aromatic carbocycles. The van der Waals surface area contributed by atoms with Crippen LogP contribution >= 0.6 is 0 Å². The first-order chi connectivity index (χ1) is 12.6. The van der Waals surface area contributed by atoms with Gasteiger partial charge in [0.15, 0.2) is 12.4 Å². The molecule has 0 aliphatic rings. The van der Waals surface area contributed by atoms with E-state index in [-0.39, 0.29) is 12.4 Å². The number of hydrogen-bond donors (Lipinski definition) is 0. The molecule has 0 radical (unpaired) electrons. The number of carbonyl (C=O) groups is 1. The van der Waals surface area contributed by atoms with Gasteiger partial charge in [0.25, 0.3) is 0 Å². The summed E-state index contributed by atoms with van der Waals surface area (Å²) in [6, 6.07) is 14.4. The Bertz CT molecular complexity index is 914. The van der Waals surface area contributed by atoms with Crippen molar-refractivity contribution in [2.45, 2.75) is 13.5 Å². The molecule has 3 aromatic rings. The van der Waals surface area contributed by atoms with Gasteiger partial charge in [0.1, 0.15) is 11.5 Å². The monoisotopic (exact) mass is 350 g/mol. The van der Waals surface area contributed by atoms with Crippen LogP contribution < -0.4 is 9.47 Å². The van der Waals surface area contributed by atoms with Crippen LogP contribution in [0.5, 0.6) is 11.5 Å². The number of benzene rings is 2. The summed E-state index contributed by atoms with van der Waals surface area (Å²) >= 11 is 0. The Morgan fingerprint density at radius 2 is 1.96 bits per heavy atom. The lowest BCUT2D eigenvalue weighted by Crippen LogP contribution is -1.97. The van der Waals surface area contributed by atoms with Crippen LogP contribution in [0, 0.1) is 6.92 Å². The van der Waals surface area contributed by atoms with Crippen LogP contribution in [0.2, 0.25) is 0 Å². The molecule has 0 fully saturated rings. The third kappa shape index (κ3) is 4.57. The van der Waals surface area contributed by atoms with E-state index in [0.717, 1.165) is 5.56 Å². The predicted molar refractivity (Wildman–Crippen MR) is 96.2 cm³/mol. The number of hydrogen-bond acceptors (Lipinski definition) is 6. The van der Waals surface area contributed by atoms with Crippen molar-refractivity contribution in [3.8, 4) is 11.5 Å². The number of nitrogens with zero attached hydrogens (tertiary/aromatic N) is 2. The summed E-state index contributed by atoms with van der Waals surface area (Å²) in [5.74, 6) is 2.25. The van der Waals surface area contributed by atoms with Crippen LogP contribution in [0.1, 0.15) is 27.6 Å². The third-order valence-electron chi connectivity index (χ3n) is 3.60. The molecule has 0 saturated heterocycles. The number of aryl methyl sites for hydroxylation is 1. The molecule has 0 unspecified atom stereocenters. The number of ether oxygens (including phenoxy) is 2.